The van der Waals surface area contributed by atoms with Gasteiger partial charge in [-0.3, -0.25) is 5.41 Å². The van der Waals surface area contributed by atoms with Crippen molar-refractivity contribution in [3.05, 3.63) is 45.4 Å². The minimum Gasteiger partial charge on any atom is -0.510 e. The van der Waals surface area contributed by atoms with Gasteiger partial charge in [0, 0.05) is 16.0 Å². The SMILES string of the molecule is N=C1C(c2nc(-c3ccc(Cl)cc3)cs2)=C(O)CN1[C@@H]1CS(=O)(=O)C[C@@H]1O. The van der Waals surface area contributed by atoms with Crippen molar-refractivity contribution in [1.82, 2.24) is 9.88 Å². The number of benzene rings is 1. The van der Waals surface area contributed by atoms with E-state index in [4.69, 9.17) is 17.0 Å². The third kappa shape index (κ3) is 3.36. The van der Waals surface area contributed by atoms with Gasteiger partial charge in [0.2, 0.25) is 0 Å². The maximum atomic E-state index is 11.8. The first kappa shape index (κ1) is 18.4. The summed E-state index contributed by atoms with van der Waals surface area (Å²) >= 11 is 7.19. The fourth-order valence-electron chi connectivity index (χ4n) is 3.36. The van der Waals surface area contributed by atoms with Crippen LogP contribution in [-0.2, 0) is 9.84 Å². The monoisotopic (exact) mass is 425 g/mol. The quantitative estimate of drug-likeness (QED) is 0.694. The highest BCUT2D eigenvalue weighted by molar-refractivity contribution is 7.91. The molecule has 142 valence electrons. The number of nitrogens with zero attached hydrogens (tertiary/aromatic N) is 2. The van der Waals surface area contributed by atoms with E-state index in [2.05, 4.69) is 4.98 Å². The first-order valence-electron chi connectivity index (χ1n) is 8.13. The lowest BCUT2D eigenvalue weighted by Gasteiger charge is -2.27. The molecule has 0 unspecified atom stereocenters. The van der Waals surface area contributed by atoms with Crippen molar-refractivity contribution in [3.63, 3.8) is 0 Å². The molecule has 0 bridgehead atoms. The number of nitrogens with one attached hydrogen (secondary N) is 1. The van der Waals surface area contributed by atoms with Gasteiger partial charge in [-0.15, -0.1) is 11.3 Å². The molecule has 0 radical (unpaired) electrons. The molecule has 4 rings (SSSR count). The van der Waals surface area contributed by atoms with Crippen LogP contribution in [0.3, 0.4) is 0 Å². The molecule has 3 heterocycles. The zero-order chi connectivity index (χ0) is 19.3. The Labute approximate surface area is 165 Å². The molecule has 1 saturated heterocycles. The number of hydrogen-bond donors (Lipinski definition) is 3. The van der Waals surface area contributed by atoms with E-state index < -0.39 is 22.0 Å². The van der Waals surface area contributed by atoms with Gasteiger partial charge in [0.25, 0.3) is 0 Å². The summed E-state index contributed by atoms with van der Waals surface area (Å²) in [4.78, 5) is 5.94. The number of halogens is 1. The van der Waals surface area contributed by atoms with E-state index in [0.29, 0.717) is 15.7 Å². The Kier molecular flexibility index (Phi) is 4.50. The molecule has 0 amide bonds. The minimum absolute atomic E-state index is 0.0126. The maximum Gasteiger partial charge on any atom is 0.155 e. The van der Waals surface area contributed by atoms with E-state index in [1.807, 2.05) is 17.5 Å². The predicted molar refractivity (Wildman–Crippen MR) is 105 cm³/mol. The molecule has 1 fully saturated rings. The average Bonchev–Trinajstić information content (AvgIpc) is 3.24. The van der Waals surface area contributed by atoms with E-state index in [1.165, 1.54) is 16.2 Å². The minimum atomic E-state index is -3.35. The zero-order valence-electron chi connectivity index (χ0n) is 14.0. The second-order valence-corrected chi connectivity index (χ2v) is 10.0. The summed E-state index contributed by atoms with van der Waals surface area (Å²) in [6, 6.07) is 6.45. The molecule has 2 aliphatic heterocycles. The second-order valence-electron chi connectivity index (χ2n) is 6.55. The number of sulfone groups is 1. The number of aliphatic hydroxyl groups is 2. The fourth-order valence-corrected chi connectivity index (χ4v) is 6.18. The van der Waals surface area contributed by atoms with E-state index in [9.17, 15) is 18.6 Å². The van der Waals surface area contributed by atoms with Gasteiger partial charge in [-0.25, -0.2) is 13.4 Å². The number of aliphatic hydroxyl groups excluding tert-OH is 2. The summed E-state index contributed by atoms with van der Waals surface area (Å²) in [6.07, 6.45) is -1.08. The highest BCUT2D eigenvalue weighted by Crippen LogP contribution is 2.34. The lowest BCUT2D eigenvalue weighted by Crippen LogP contribution is -2.44. The van der Waals surface area contributed by atoms with Gasteiger partial charge >= 0.3 is 0 Å². The fraction of sp³-hybridized carbons (Fsp3) is 0.294. The van der Waals surface area contributed by atoms with Gasteiger partial charge in [-0.05, 0) is 12.1 Å². The van der Waals surface area contributed by atoms with Gasteiger partial charge in [-0.1, -0.05) is 23.7 Å². The molecular weight excluding hydrogens is 410 g/mol. The van der Waals surface area contributed by atoms with Crippen molar-refractivity contribution in [2.24, 2.45) is 0 Å². The van der Waals surface area contributed by atoms with Crippen molar-refractivity contribution in [2.45, 2.75) is 12.1 Å². The summed E-state index contributed by atoms with van der Waals surface area (Å²) < 4.78 is 23.6. The lowest BCUT2D eigenvalue weighted by atomic mass is 10.1. The molecule has 0 aliphatic carbocycles. The molecule has 2 aliphatic rings. The Morgan fingerprint density at radius 1 is 1.26 bits per heavy atom. The van der Waals surface area contributed by atoms with Gasteiger partial charge in [0.1, 0.15) is 16.6 Å². The van der Waals surface area contributed by atoms with Crippen LogP contribution in [0.4, 0.5) is 0 Å². The average molecular weight is 426 g/mol. The number of thiazole rings is 1. The molecule has 2 atom stereocenters. The van der Waals surface area contributed by atoms with Gasteiger partial charge < -0.3 is 15.1 Å². The Bertz CT molecular complexity index is 1050. The molecule has 7 nitrogen and oxygen atoms in total. The summed E-state index contributed by atoms with van der Waals surface area (Å²) in [5.74, 6) is -0.625. The summed E-state index contributed by atoms with van der Waals surface area (Å²) in [7, 11) is -3.35. The molecular formula is C17H16ClN3O4S2. The molecule has 0 spiro atoms. The highest BCUT2D eigenvalue weighted by Gasteiger charge is 2.44. The number of amidine groups is 1. The third-order valence-corrected chi connectivity index (χ3v) is 7.50. The normalized spacial score (nSPS) is 24.8. The summed E-state index contributed by atoms with van der Waals surface area (Å²) in [5, 5.41) is 31.8. The van der Waals surface area contributed by atoms with Crippen LogP contribution in [-0.4, -0.2) is 64.5 Å². The first-order chi connectivity index (χ1) is 12.7. The molecule has 1 aromatic heterocycles. The van der Waals surface area contributed by atoms with Crippen LogP contribution >= 0.6 is 22.9 Å². The van der Waals surface area contributed by atoms with E-state index in [-0.39, 0.29) is 35.2 Å². The van der Waals surface area contributed by atoms with Gasteiger partial charge in [0.05, 0.1) is 41.5 Å². The standard InChI is InChI=1S/C17H16ClN3O4S2/c18-10-3-1-9(2-4-10)11-6-26-17(20-11)15-13(22)5-21(16(15)19)12-7-27(24,25)8-14(12)23/h1-4,6,12,14,19,22-23H,5,7-8H2/t12-,14+/m1/s1. The Hall–Kier alpha value is -1.94. The second kappa shape index (κ2) is 6.59. The number of hydrogen-bond acceptors (Lipinski definition) is 7. The number of rotatable bonds is 3. The van der Waals surface area contributed by atoms with Crippen molar-refractivity contribution in [2.75, 3.05) is 18.1 Å². The van der Waals surface area contributed by atoms with Crippen LogP contribution in [0.2, 0.25) is 5.02 Å². The Balaban J connectivity index is 1.60. The van der Waals surface area contributed by atoms with Crippen molar-refractivity contribution >= 4 is 44.2 Å². The molecule has 27 heavy (non-hydrogen) atoms. The summed E-state index contributed by atoms with van der Waals surface area (Å²) in [5.41, 5.74) is 1.83. The van der Waals surface area contributed by atoms with E-state index >= 15 is 0 Å². The molecule has 0 saturated carbocycles. The third-order valence-electron chi connectivity index (χ3n) is 4.68. The van der Waals surface area contributed by atoms with E-state index in [0.717, 1.165) is 5.56 Å². The number of aromatic nitrogens is 1. The van der Waals surface area contributed by atoms with Crippen LogP contribution in [0.25, 0.3) is 16.8 Å². The zero-order valence-corrected chi connectivity index (χ0v) is 16.4. The molecule has 1 aromatic carbocycles. The molecule has 2 aromatic rings. The van der Waals surface area contributed by atoms with Crippen LogP contribution < -0.4 is 0 Å². The topological polar surface area (TPSA) is 115 Å². The lowest BCUT2D eigenvalue weighted by molar-refractivity contribution is 0.124. The van der Waals surface area contributed by atoms with Crippen molar-refractivity contribution in [3.8, 4) is 11.3 Å². The smallest absolute Gasteiger partial charge is 0.155 e. The molecule has 3 N–H and O–H groups in total. The van der Waals surface area contributed by atoms with Gasteiger partial charge in [-0.2, -0.15) is 0 Å². The van der Waals surface area contributed by atoms with Crippen LogP contribution in [0.15, 0.2) is 35.4 Å². The largest absolute Gasteiger partial charge is 0.510 e. The molecule has 10 heteroatoms. The summed E-state index contributed by atoms with van der Waals surface area (Å²) in [6.45, 7) is -0.0126. The highest BCUT2D eigenvalue weighted by atomic mass is 35.5. The van der Waals surface area contributed by atoms with Gasteiger partial charge in [0.15, 0.2) is 9.84 Å². The van der Waals surface area contributed by atoms with Crippen LogP contribution in [0.1, 0.15) is 5.01 Å². The van der Waals surface area contributed by atoms with Crippen LogP contribution in [0.5, 0.6) is 0 Å². The first-order valence-corrected chi connectivity index (χ1v) is 11.2. The van der Waals surface area contributed by atoms with Crippen molar-refractivity contribution < 1.29 is 18.6 Å². The Morgan fingerprint density at radius 2 is 1.96 bits per heavy atom. The predicted octanol–water partition coefficient (Wildman–Crippen LogP) is 2.18. The maximum absolute atomic E-state index is 11.8. The Morgan fingerprint density at radius 3 is 2.59 bits per heavy atom. The van der Waals surface area contributed by atoms with Crippen molar-refractivity contribution in [1.29, 1.82) is 5.41 Å². The van der Waals surface area contributed by atoms with E-state index in [1.54, 1.807) is 12.1 Å². The van der Waals surface area contributed by atoms with Crippen LogP contribution in [0, 0.1) is 5.41 Å².